The SMILES string of the molecule is [B][B]B([B])c1cc(C)c(N)cc1SC. The lowest BCUT2D eigenvalue weighted by Gasteiger charge is -2.14. The maximum Gasteiger partial charge on any atom is 0.0820 e. The Labute approximate surface area is 93.7 Å². The van der Waals surface area contributed by atoms with Crippen molar-refractivity contribution in [2.75, 3.05) is 12.0 Å². The second-order valence-corrected chi connectivity index (χ2v) is 4.02. The summed E-state index contributed by atoms with van der Waals surface area (Å²) in [6.07, 6.45) is 2.00. The number of nitrogen functional groups attached to an aromatic ring is 1. The summed E-state index contributed by atoms with van der Waals surface area (Å²) in [5.74, 6) is 0. The Hall–Kier alpha value is -0.370. The molecule has 0 aromatic heterocycles. The third-order valence-corrected chi connectivity index (χ3v) is 2.98. The Morgan fingerprint density at radius 1 is 1.50 bits per heavy atom. The van der Waals surface area contributed by atoms with Crippen LogP contribution in [0.25, 0.3) is 0 Å². The van der Waals surface area contributed by atoms with Crippen LogP contribution in [0.15, 0.2) is 17.0 Å². The predicted octanol–water partition coefficient (Wildman–Crippen LogP) is -0.0495. The number of aryl methyl sites for hydroxylation is 1. The van der Waals surface area contributed by atoms with E-state index < -0.39 is 0 Å². The second-order valence-electron chi connectivity index (χ2n) is 3.17. The van der Waals surface area contributed by atoms with Gasteiger partial charge in [-0.1, -0.05) is 11.5 Å². The van der Waals surface area contributed by atoms with E-state index in [1.807, 2.05) is 25.3 Å². The molecule has 0 spiro atoms. The van der Waals surface area contributed by atoms with E-state index in [1.54, 1.807) is 11.8 Å². The third kappa shape index (κ3) is 2.35. The minimum atomic E-state index is -0.225. The van der Waals surface area contributed by atoms with E-state index in [0.717, 1.165) is 21.6 Å². The number of thioether (sulfide) groups is 1. The summed E-state index contributed by atoms with van der Waals surface area (Å²) in [5.41, 5.74) is 8.68. The molecule has 1 nitrogen and oxygen atoms in total. The molecule has 5 radical (unpaired) electrons. The molecule has 6 heteroatoms. The summed E-state index contributed by atoms with van der Waals surface area (Å²) in [6.45, 7) is 1.74. The molecule has 0 aliphatic rings. The molecule has 2 N–H and O–H groups in total. The first-order valence-electron chi connectivity index (χ1n) is 4.34. The lowest BCUT2D eigenvalue weighted by molar-refractivity contribution is 1.42. The van der Waals surface area contributed by atoms with Gasteiger partial charge in [-0.15, -0.1) is 11.8 Å². The highest BCUT2D eigenvalue weighted by molar-refractivity contribution is 7.99. The van der Waals surface area contributed by atoms with Crippen molar-refractivity contribution in [1.29, 1.82) is 0 Å². The monoisotopic (exact) mass is 196 g/mol. The fraction of sp³-hybridized carbons (Fsp3) is 0.250. The molecule has 0 saturated carbocycles. The molecule has 0 amide bonds. The minimum Gasteiger partial charge on any atom is -0.398 e. The van der Waals surface area contributed by atoms with Crippen molar-refractivity contribution in [3.8, 4) is 0 Å². The topological polar surface area (TPSA) is 26.0 Å². The van der Waals surface area contributed by atoms with E-state index in [1.165, 1.54) is 7.06 Å². The van der Waals surface area contributed by atoms with E-state index in [-0.39, 0.29) is 6.49 Å². The molecule has 1 aromatic carbocycles. The molecule has 0 unspecified atom stereocenters. The van der Waals surface area contributed by atoms with Crippen LogP contribution in [-0.2, 0) is 0 Å². The van der Waals surface area contributed by atoms with Crippen LogP contribution in [0.3, 0.4) is 0 Å². The molecule has 0 heterocycles. The third-order valence-electron chi connectivity index (χ3n) is 2.18. The van der Waals surface area contributed by atoms with Crippen molar-refractivity contribution in [2.45, 2.75) is 11.8 Å². The van der Waals surface area contributed by atoms with Crippen LogP contribution in [0.4, 0.5) is 5.69 Å². The van der Waals surface area contributed by atoms with Gasteiger partial charge in [0.1, 0.15) is 0 Å². The van der Waals surface area contributed by atoms with Gasteiger partial charge in [-0.3, -0.25) is 0 Å². The zero-order valence-electron chi connectivity index (χ0n) is 8.45. The zero-order valence-corrected chi connectivity index (χ0v) is 9.27. The molecule has 0 saturated heterocycles. The summed E-state index contributed by atoms with van der Waals surface area (Å²) < 4.78 is 0. The van der Waals surface area contributed by atoms with Crippen molar-refractivity contribution < 1.29 is 0 Å². The normalized spacial score (nSPS) is 9.86. The molecule has 1 rings (SSSR count). The van der Waals surface area contributed by atoms with Crippen LogP contribution in [-0.4, -0.2) is 35.3 Å². The van der Waals surface area contributed by atoms with Crippen LogP contribution < -0.4 is 11.2 Å². The number of anilines is 1. The Balaban J connectivity index is 3.19. The van der Waals surface area contributed by atoms with E-state index in [2.05, 4.69) is 0 Å². The quantitative estimate of drug-likeness (QED) is 0.416. The highest BCUT2D eigenvalue weighted by atomic mass is 32.2. The molecule has 65 valence electrons. The summed E-state index contributed by atoms with van der Waals surface area (Å²) in [7, 11) is 12.8. The van der Waals surface area contributed by atoms with Gasteiger partial charge in [0, 0.05) is 33.1 Å². The summed E-state index contributed by atoms with van der Waals surface area (Å²) in [5, 5.41) is 0. The van der Waals surface area contributed by atoms with Crippen LogP contribution in [0.1, 0.15) is 5.56 Å². The first-order chi connectivity index (χ1) is 6.60. The Morgan fingerprint density at radius 2 is 2.14 bits per heavy atom. The van der Waals surface area contributed by atoms with Gasteiger partial charge >= 0.3 is 0 Å². The first kappa shape index (κ1) is 11.7. The lowest BCUT2D eigenvalue weighted by Crippen LogP contribution is -2.39. The molecule has 0 aliphatic heterocycles. The molecular formula is C8H10B4NS. The van der Waals surface area contributed by atoms with Crippen LogP contribution in [0.2, 0.25) is 0 Å². The fourth-order valence-electron chi connectivity index (χ4n) is 1.27. The van der Waals surface area contributed by atoms with Gasteiger partial charge in [0.15, 0.2) is 0 Å². The van der Waals surface area contributed by atoms with Gasteiger partial charge in [0.25, 0.3) is 0 Å². The molecular weight excluding hydrogens is 185 g/mol. The van der Waals surface area contributed by atoms with E-state index in [9.17, 15) is 0 Å². The first-order valence-corrected chi connectivity index (χ1v) is 5.57. The number of hydrogen-bond donors (Lipinski definition) is 1. The van der Waals surface area contributed by atoms with Crippen molar-refractivity contribution in [3.05, 3.63) is 17.7 Å². The number of nitrogens with two attached hydrogens (primary N) is 1. The Kier molecular flexibility index (Phi) is 4.11. The number of rotatable bonds is 3. The van der Waals surface area contributed by atoms with Gasteiger partial charge in [0.05, 0.1) is 6.49 Å². The van der Waals surface area contributed by atoms with E-state index in [0.29, 0.717) is 0 Å². The standard InChI is InChI=1S/C8H10B4NS/c1-5-3-6(12(10)11-9)8(14-2)4-7(5)13/h3-4H,13H2,1-2H3. The minimum absolute atomic E-state index is 0.225. The van der Waals surface area contributed by atoms with Crippen molar-refractivity contribution >= 4 is 51.9 Å². The highest BCUT2D eigenvalue weighted by Gasteiger charge is 2.12. The lowest BCUT2D eigenvalue weighted by atomic mass is 9.03. The number of benzene rings is 1. The van der Waals surface area contributed by atoms with E-state index in [4.69, 9.17) is 21.2 Å². The molecule has 1 aromatic rings. The van der Waals surface area contributed by atoms with Crippen molar-refractivity contribution in [1.82, 2.24) is 0 Å². The second kappa shape index (κ2) is 4.92. The largest absolute Gasteiger partial charge is 0.398 e. The average molecular weight is 195 g/mol. The smallest absolute Gasteiger partial charge is 0.0820 e. The van der Waals surface area contributed by atoms with Gasteiger partial charge in [0.2, 0.25) is 0 Å². The van der Waals surface area contributed by atoms with Crippen LogP contribution in [0.5, 0.6) is 0 Å². The maximum absolute atomic E-state index is 5.85. The highest BCUT2D eigenvalue weighted by Crippen LogP contribution is 2.19. The van der Waals surface area contributed by atoms with Crippen molar-refractivity contribution in [3.63, 3.8) is 0 Å². The van der Waals surface area contributed by atoms with Gasteiger partial charge < -0.3 is 5.73 Å². The fourth-order valence-corrected chi connectivity index (χ4v) is 1.94. The Bertz CT molecular complexity index is 331. The summed E-state index contributed by atoms with van der Waals surface area (Å²) in [6, 6.07) is 3.94. The molecule has 14 heavy (non-hydrogen) atoms. The van der Waals surface area contributed by atoms with Gasteiger partial charge in [-0.25, -0.2) is 0 Å². The van der Waals surface area contributed by atoms with Crippen LogP contribution in [0, 0.1) is 6.92 Å². The predicted molar refractivity (Wildman–Crippen MR) is 70.0 cm³/mol. The summed E-state index contributed by atoms with van der Waals surface area (Å²) >= 11 is 1.63. The average Bonchev–Trinajstić information content (AvgIpc) is 2.20. The maximum atomic E-state index is 5.85. The zero-order chi connectivity index (χ0) is 10.7. The summed E-state index contributed by atoms with van der Waals surface area (Å²) in [4.78, 5) is 1.09. The van der Waals surface area contributed by atoms with Gasteiger partial charge in [-0.05, 0) is 24.8 Å². The number of hydrogen-bond acceptors (Lipinski definition) is 2. The van der Waals surface area contributed by atoms with Crippen LogP contribution >= 0.6 is 11.8 Å². The van der Waals surface area contributed by atoms with Gasteiger partial charge in [-0.2, -0.15) is 0 Å². The molecule has 0 fully saturated rings. The van der Waals surface area contributed by atoms with E-state index >= 15 is 0 Å². The molecule has 0 aliphatic carbocycles. The Morgan fingerprint density at radius 3 is 2.64 bits per heavy atom. The molecule has 0 bridgehead atoms. The molecule has 0 atom stereocenters. The van der Waals surface area contributed by atoms with Crippen molar-refractivity contribution in [2.24, 2.45) is 0 Å².